The third-order valence-corrected chi connectivity index (χ3v) is 3.62. The van der Waals surface area contributed by atoms with Crippen LogP contribution >= 0.6 is 12.4 Å². The van der Waals surface area contributed by atoms with Gasteiger partial charge in [0.25, 0.3) is 0 Å². The highest BCUT2D eigenvalue weighted by molar-refractivity contribution is 5.85. The molecule has 4 N–H and O–H groups in total. The van der Waals surface area contributed by atoms with Crippen LogP contribution in [0.4, 0.5) is 0 Å². The summed E-state index contributed by atoms with van der Waals surface area (Å²) in [5.74, 6) is 0.0565. The summed E-state index contributed by atoms with van der Waals surface area (Å²) in [5.41, 5.74) is 5.84. The van der Waals surface area contributed by atoms with Crippen molar-refractivity contribution in [2.24, 2.45) is 11.7 Å². The lowest BCUT2D eigenvalue weighted by Crippen LogP contribution is -2.52. The lowest BCUT2D eigenvalue weighted by molar-refractivity contribution is -0.125. The fraction of sp³-hybridized carbons (Fsp3) is 0.917. The fourth-order valence-corrected chi connectivity index (χ4v) is 2.07. The number of carbonyl (C=O) groups excluding carboxylic acids is 1. The van der Waals surface area contributed by atoms with Crippen molar-refractivity contribution in [1.82, 2.24) is 5.32 Å². The molecule has 1 saturated carbocycles. The third-order valence-electron chi connectivity index (χ3n) is 3.62. The molecule has 0 aromatic rings. The third kappa shape index (κ3) is 4.82. The Kier molecular flexibility index (Phi) is 7.75. The van der Waals surface area contributed by atoms with E-state index in [0.717, 1.165) is 32.1 Å². The van der Waals surface area contributed by atoms with E-state index in [-0.39, 0.29) is 30.3 Å². The molecular weight excluding hydrogens is 240 g/mol. The molecule has 4 unspecified atom stereocenters. The van der Waals surface area contributed by atoms with Gasteiger partial charge in [0.15, 0.2) is 0 Å². The summed E-state index contributed by atoms with van der Waals surface area (Å²) in [6.07, 6.45) is 4.25. The predicted octanol–water partition coefficient (Wildman–Crippen LogP) is 1.20. The van der Waals surface area contributed by atoms with Crippen molar-refractivity contribution in [1.29, 1.82) is 0 Å². The molecule has 1 amide bonds. The van der Waals surface area contributed by atoms with Gasteiger partial charge in [-0.25, -0.2) is 0 Å². The highest BCUT2D eigenvalue weighted by atomic mass is 35.5. The molecule has 0 spiro atoms. The molecule has 0 aromatic carbocycles. The molecule has 4 nitrogen and oxygen atoms in total. The average molecular weight is 265 g/mol. The van der Waals surface area contributed by atoms with Gasteiger partial charge in [0.05, 0.1) is 18.2 Å². The Morgan fingerprint density at radius 1 is 1.47 bits per heavy atom. The Hall–Kier alpha value is -0.320. The van der Waals surface area contributed by atoms with Gasteiger partial charge >= 0.3 is 0 Å². The number of aliphatic hydroxyl groups is 1. The summed E-state index contributed by atoms with van der Waals surface area (Å²) in [6.45, 7) is 3.99. The Morgan fingerprint density at radius 2 is 2.06 bits per heavy atom. The van der Waals surface area contributed by atoms with Crippen molar-refractivity contribution >= 4 is 18.3 Å². The van der Waals surface area contributed by atoms with E-state index in [0.29, 0.717) is 0 Å². The number of hydrogen-bond donors (Lipinski definition) is 3. The predicted molar refractivity (Wildman–Crippen MR) is 71.1 cm³/mol. The summed E-state index contributed by atoms with van der Waals surface area (Å²) < 4.78 is 0. The van der Waals surface area contributed by atoms with Crippen LogP contribution in [0.1, 0.15) is 46.0 Å². The van der Waals surface area contributed by atoms with Crippen molar-refractivity contribution in [3.8, 4) is 0 Å². The molecule has 17 heavy (non-hydrogen) atoms. The molecular formula is C12H25ClN2O2. The van der Waals surface area contributed by atoms with Gasteiger partial charge < -0.3 is 16.2 Å². The van der Waals surface area contributed by atoms with Gasteiger partial charge in [-0.15, -0.1) is 12.4 Å². The molecule has 0 bridgehead atoms. The minimum absolute atomic E-state index is 0. The smallest absolute Gasteiger partial charge is 0.237 e. The maximum atomic E-state index is 11.8. The second-order valence-electron chi connectivity index (χ2n) is 4.88. The zero-order valence-electron chi connectivity index (χ0n) is 10.7. The molecule has 0 aromatic heterocycles. The molecule has 102 valence electrons. The monoisotopic (exact) mass is 264 g/mol. The molecule has 5 heteroatoms. The van der Waals surface area contributed by atoms with Gasteiger partial charge in [-0.2, -0.15) is 0 Å². The number of rotatable bonds is 4. The first kappa shape index (κ1) is 16.7. The molecule has 0 radical (unpaired) electrons. The zero-order valence-corrected chi connectivity index (χ0v) is 11.5. The number of nitrogens with two attached hydrogens (primary N) is 1. The van der Waals surface area contributed by atoms with E-state index >= 15 is 0 Å². The van der Waals surface area contributed by atoms with Crippen LogP contribution in [0.25, 0.3) is 0 Å². The van der Waals surface area contributed by atoms with E-state index in [1.54, 1.807) is 0 Å². The van der Waals surface area contributed by atoms with Gasteiger partial charge in [0.1, 0.15) is 0 Å². The van der Waals surface area contributed by atoms with E-state index in [1.165, 1.54) is 0 Å². The van der Waals surface area contributed by atoms with Crippen LogP contribution < -0.4 is 11.1 Å². The molecule has 0 aliphatic heterocycles. The Morgan fingerprint density at radius 3 is 2.59 bits per heavy atom. The van der Waals surface area contributed by atoms with Gasteiger partial charge in [-0.05, 0) is 18.8 Å². The average Bonchev–Trinajstić information content (AvgIpc) is 2.30. The molecule has 0 heterocycles. The van der Waals surface area contributed by atoms with Crippen LogP contribution in [-0.2, 0) is 4.79 Å². The lowest BCUT2D eigenvalue weighted by Gasteiger charge is -2.30. The molecule has 1 aliphatic rings. The van der Waals surface area contributed by atoms with Crippen molar-refractivity contribution in [2.45, 2.75) is 64.1 Å². The first-order valence-electron chi connectivity index (χ1n) is 6.30. The molecule has 0 saturated heterocycles. The topological polar surface area (TPSA) is 75.4 Å². The van der Waals surface area contributed by atoms with E-state index < -0.39 is 12.1 Å². The van der Waals surface area contributed by atoms with Crippen molar-refractivity contribution in [2.75, 3.05) is 0 Å². The summed E-state index contributed by atoms with van der Waals surface area (Å²) in [7, 11) is 0. The first-order valence-corrected chi connectivity index (χ1v) is 6.30. The maximum Gasteiger partial charge on any atom is 0.237 e. The van der Waals surface area contributed by atoms with E-state index in [1.807, 2.05) is 13.8 Å². The van der Waals surface area contributed by atoms with Crippen LogP contribution in [0.15, 0.2) is 0 Å². The number of carbonyl (C=O) groups is 1. The Bertz CT molecular complexity index is 239. The van der Waals surface area contributed by atoms with Crippen molar-refractivity contribution < 1.29 is 9.90 Å². The minimum Gasteiger partial charge on any atom is -0.391 e. The molecule has 1 fully saturated rings. The number of hydrogen-bond acceptors (Lipinski definition) is 3. The van der Waals surface area contributed by atoms with Crippen LogP contribution in [0.2, 0.25) is 0 Å². The minimum atomic E-state index is -0.459. The number of amides is 1. The van der Waals surface area contributed by atoms with E-state index in [9.17, 15) is 9.90 Å². The van der Waals surface area contributed by atoms with Gasteiger partial charge in [-0.3, -0.25) is 4.79 Å². The maximum absolute atomic E-state index is 11.8. The Balaban J connectivity index is 0.00000256. The van der Waals surface area contributed by atoms with Crippen molar-refractivity contribution in [3.63, 3.8) is 0 Å². The van der Waals surface area contributed by atoms with Gasteiger partial charge in [-0.1, -0.05) is 33.1 Å². The van der Waals surface area contributed by atoms with Crippen molar-refractivity contribution in [3.05, 3.63) is 0 Å². The highest BCUT2D eigenvalue weighted by Crippen LogP contribution is 2.18. The quantitative estimate of drug-likeness (QED) is 0.714. The van der Waals surface area contributed by atoms with Crippen LogP contribution in [0, 0.1) is 5.92 Å². The summed E-state index contributed by atoms with van der Waals surface area (Å²) in [6, 6.07) is -0.560. The standard InChI is InChI=1S/C12H24N2O2.ClH/c1-3-8(2)11(13)12(16)14-9-6-4-5-7-10(9)15;/h8-11,15H,3-7,13H2,1-2H3,(H,14,16);1H. The number of halogens is 1. The lowest BCUT2D eigenvalue weighted by atomic mass is 9.91. The van der Waals surface area contributed by atoms with Crippen LogP contribution in [0.5, 0.6) is 0 Å². The number of aliphatic hydroxyl groups excluding tert-OH is 1. The number of nitrogens with one attached hydrogen (secondary N) is 1. The molecule has 4 atom stereocenters. The van der Waals surface area contributed by atoms with Crippen LogP contribution in [0.3, 0.4) is 0 Å². The summed E-state index contributed by atoms with van der Waals surface area (Å²) in [4.78, 5) is 11.8. The molecule has 1 aliphatic carbocycles. The highest BCUT2D eigenvalue weighted by Gasteiger charge is 2.27. The van der Waals surface area contributed by atoms with Gasteiger partial charge in [0, 0.05) is 0 Å². The van der Waals surface area contributed by atoms with E-state index in [2.05, 4.69) is 5.32 Å². The second-order valence-corrected chi connectivity index (χ2v) is 4.88. The van der Waals surface area contributed by atoms with E-state index in [4.69, 9.17) is 5.73 Å². The normalized spacial score (nSPS) is 27.8. The first-order chi connectivity index (χ1) is 7.56. The second kappa shape index (κ2) is 7.90. The fourth-order valence-electron chi connectivity index (χ4n) is 2.07. The Labute approximate surface area is 110 Å². The molecule has 1 rings (SSSR count). The summed E-state index contributed by atoms with van der Waals surface area (Å²) in [5, 5.41) is 12.6. The SMILES string of the molecule is CCC(C)C(N)C(=O)NC1CCCCC1O.Cl. The summed E-state index contributed by atoms with van der Waals surface area (Å²) >= 11 is 0. The van der Waals surface area contributed by atoms with Gasteiger partial charge in [0.2, 0.25) is 5.91 Å². The van der Waals surface area contributed by atoms with Crippen LogP contribution in [-0.4, -0.2) is 29.2 Å². The largest absolute Gasteiger partial charge is 0.391 e. The zero-order chi connectivity index (χ0) is 12.1.